The second-order valence-electron chi connectivity index (χ2n) is 11.6. The molecular weight excluding hydrogens is 386 g/mol. The van der Waals surface area contributed by atoms with Crippen LogP contribution in [0.15, 0.2) is 16.8 Å². The van der Waals surface area contributed by atoms with Crippen LogP contribution in [0.1, 0.15) is 86.0 Å². The molecule has 0 heterocycles. The third kappa shape index (κ3) is 3.71. The highest BCUT2D eigenvalue weighted by molar-refractivity contribution is 5.97. The summed E-state index contributed by atoms with van der Waals surface area (Å²) < 4.78 is 0. The van der Waals surface area contributed by atoms with Crippen molar-refractivity contribution in [1.82, 2.24) is 5.43 Å². The van der Waals surface area contributed by atoms with Crippen LogP contribution < -0.4 is 11.2 Å². The Hall–Kier alpha value is -1.49. The molecule has 4 rings (SSSR count). The van der Waals surface area contributed by atoms with E-state index in [-0.39, 0.29) is 28.6 Å². The highest BCUT2D eigenvalue weighted by Crippen LogP contribution is 2.66. The number of nitrogens with one attached hydrogen (secondary N) is 1. The summed E-state index contributed by atoms with van der Waals surface area (Å²) in [5.74, 6) is 2.72. The third-order valence-electron chi connectivity index (χ3n) is 9.80. The molecule has 0 radical (unpaired) electrons. The highest BCUT2D eigenvalue weighted by Gasteiger charge is 2.59. The zero-order valence-corrected chi connectivity index (χ0v) is 20.0. The molecule has 5 nitrogen and oxygen atoms in total. The maximum atomic E-state index is 12.3. The molecule has 4 aliphatic rings. The Balaban J connectivity index is 1.51. The molecular formula is C26H41N3O2. The van der Waals surface area contributed by atoms with Gasteiger partial charge in [0.25, 0.3) is 5.91 Å². The van der Waals surface area contributed by atoms with Gasteiger partial charge in [-0.25, -0.2) is 5.43 Å². The van der Waals surface area contributed by atoms with Crippen LogP contribution in [0, 0.1) is 40.4 Å². The van der Waals surface area contributed by atoms with Crippen molar-refractivity contribution >= 4 is 17.4 Å². The molecule has 172 valence electrons. The van der Waals surface area contributed by atoms with Gasteiger partial charge in [0.15, 0.2) is 0 Å². The minimum absolute atomic E-state index is 0.0960. The van der Waals surface area contributed by atoms with Crippen molar-refractivity contribution in [3.05, 3.63) is 11.6 Å². The summed E-state index contributed by atoms with van der Waals surface area (Å²) >= 11 is 0. The number of nitrogens with two attached hydrogens (primary N) is 1. The first-order valence-corrected chi connectivity index (χ1v) is 12.4. The van der Waals surface area contributed by atoms with Crippen LogP contribution in [0.5, 0.6) is 0 Å². The molecule has 7 atom stereocenters. The Kier molecular flexibility index (Phi) is 5.95. The van der Waals surface area contributed by atoms with Gasteiger partial charge in [-0.1, -0.05) is 33.3 Å². The normalized spacial score (nSPS) is 41.8. The zero-order valence-electron chi connectivity index (χ0n) is 20.0. The Morgan fingerprint density at radius 1 is 1.10 bits per heavy atom. The number of allylic oxidation sites excluding steroid dienone is 2. The van der Waals surface area contributed by atoms with Crippen molar-refractivity contribution in [1.29, 1.82) is 0 Å². The molecule has 0 aromatic rings. The lowest BCUT2D eigenvalue weighted by Gasteiger charge is -2.58. The number of hydrogen-bond donors (Lipinski definition) is 2. The van der Waals surface area contributed by atoms with Crippen molar-refractivity contribution in [2.24, 2.45) is 51.3 Å². The smallest absolute Gasteiger partial charge is 0.257 e. The Morgan fingerprint density at radius 2 is 1.84 bits per heavy atom. The standard InChI is InChI=1S/C26H41N3O2/c1-15(2)23(27)24(31)29-28-18-10-12-25(4)17(14-18)6-7-19-21-9-8-20(16(3)30)26(21,5)13-11-22(19)25/h14-15,19-23H,6-13,27H2,1-5H3,(H,29,31)/t19?,20-,21?,22?,23+,25+,26-/m1/s1. The number of amides is 1. The van der Waals surface area contributed by atoms with E-state index < -0.39 is 6.04 Å². The largest absolute Gasteiger partial charge is 0.320 e. The average molecular weight is 428 g/mol. The molecule has 0 saturated heterocycles. The Bertz CT molecular complexity index is 815. The quantitative estimate of drug-likeness (QED) is 0.643. The van der Waals surface area contributed by atoms with Gasteiger partial charge in [0, 0.05) is 5.92 Å². The number of carbonyl (C=O) groups excluding carboxylic acids is 2. The number of Topliss-reactive ketones (excluding diaryl/α,β-unsaturated/α-hetero) is 1. The number of fused-ring (bicyclic) bond motifs is 5. The van der Waals surface area contributed by atoms with Gasteiger partial charge >= 0.3 is 0 Å². The summed E-state index contributed by atoms with van der Waals surface area (Å²) in [4.78, 5) is 24.5. The van der Waals surface area contributed by atoms with Crippen molar-refractivity contribution in [3.8, 4) is 0 Å². The molecule has 3 N–H and O–H groups in total. The summed E-state index contributed by atoms with van der Waals surface area (Å²) in [6, 6.07) is -0.525. The van der Waals surface area contributed by atoms with Gasteiger partial charge in [0.05, 0.1) is 11.8 Å². The van der Waals surface area contributed by atoms with E-state index >= 15 is 0 Å². The van der Waals surface area contributed by atoms with Gasteiger partial charge in [-0.3, -0.25) is 9.59 Å². The van der Waals surface area contributed by atoms with E-state index in [1.165, 1.54) is 31.3 Å². The zero-order chi connectivity index (χ0) is 22.6. The SMILES string of the molecule is CC(=O)[C@H]1CCC2C3CCC4=CC(=NNC(=O)[C@@H](N)C(C)C)CC[C@]4(C)C3CC[C@@]21C. The average Bonchev–Trinajstić information content (AvgIpc) is 3.08. The van der Waals surface area contributed by atoms with Crippen LogP contribution >= 0.6 is 0 Å². The monoisotopic (exact) mass is 427 g/mol. The number of hydrogen-bond acceptors (Lipinski definition) is 4. The topological polar surface area (TPSA) is 84.5 Å². The van der Waals surface area contributed by atoms with E-state index in [0.717, 1.165) is 37.3 Å². The molecule has 3 fully saturated rings. The van der Waals surface area contributed by atoms with E-state index in [0.29, 0.717) is 17.6 Å². The molecule has 4 aliphatic carbocycles. The summed E-state index contributed by atoms with van der Waals surface area (Å²) in [6.45, 7) is 10.6. The molecule has 0 aromatic carbocycles. The second-order valence-corrected chi connectivity index (χ2v) is 11.6. The van der Waals surface area contributed by atoms with E-state index in [4.69, 9.17) is 5.73 Å². The van der Waals surface area contributed by atoms with Crippen molar-refractivity contribution < 1.29 is 9.59 Å². The van der Waals surface area contributed by atoms with Gasteiger partial charge in [0.1, 0.15) is 5.78 Å². The molecule has 0 aromatic heterocycles. The summed E-state index contributed by atoms with van der Waals surface area (Å²) in [5.41, 5.74) is 11.6. The maximum Gasteiger partial charge on any atom is 0.257 e. The fraction of sp³-hybridized carbons (Fsp3) is 0.808. The molecule has 0 spiro atoms. The predicted molar refractivity (Wildman–Crippen MR) is 124 cm³/mol. The molecule has 1 amide bonds. The number of nitrogens with zero attached hydrogens (tertiary/aromatic N) is 1. The van der Waals surface area contributed by atoms with Gasteiger partial charge in [-0.2, -0.15) is 5.10 Å². The molecule has 3 saturated carbocycles. The summed E-state index contributed by atoms with van der Waals surface area (Å²) in [6.07, 6.45) is 11.4. The van der Waals surface area contributed by atoms with E-state index in [1.54, 1.807) is 0 Å². The van der Waals surface area contributed by atoms with E-state index in [9.17, 15) is 9.59 Å². The van der Waals surface area contributed by atoms with Gasteiger partial charge in [-0.05, 0) is 98.9 Å². The molecule has 31 heavy (non-hydrogen) atoms. The first-order chi connectivity index (χ1) is 14.6. The van der Waals surface area contributed by atoms with Crippen LogP contribution in [0.4, 0.5) is 0 Å². The lowest BCUT2D eigenvalue weighted by Crippen LogP contribution is -2.51. The fourth-order valence-electron chi connectivity index (χ4n) is 7.83. The minimum Gasteiger partial charge on any atom is -0.320 e. The Labute approximate surface area is 187 Å². The van der Waals surface area contributed by atoms with Crippen molar-refractivity contribution in [2.75, 3.05) is 0 Å². The number of rotatable bonds is 4. The van der Waals surface area contributed by atoms with Gasteiger partial charge in [-0.15, -0.1) is 0 Å². The molecule has 3 unspecified atom stereocenters. The van der Waals surface area contributed by atoms with Crippen LogP contribution in [0.3, 0.4) is 0 Å². The second kappa shape index (κ2) is 8.13. The molecule has 0 bridgehead atoms. The van der Waals surface area contributed by atoms with Crippen molar-refractivity contribution in [2.45, 2.75) is 92.0 Å². The fourth-order valence-corrected chi connectivity index (χ4v) is 7.83. The molecule has 0 aliphatic heterocycles. The first kappa shape index (κ1) is 22.7. The molecule has 5 heteroatoms. The number of hydrazone groups is 1. The van der Waals surface area contributed by atoms with Crippen LogP contribution in [-0.4, -0.2) is 23.4 Å². The summed E-state index contributed by atoms with van der Waals surface area (Å²) in [5, 5.41) is 4.43. The maximum absolute atomic E-state index is 12.3. The first-order valence-electron chi connectivity index (χ1n) is 12.4. The van der Waals surface area contributed by atoms with Crippen LogP contribution in [0.25, 0.3) is 0 Å². The third-order valence-corrected chi connectivity index (χ3v) is 9.80. The van der Waals surface area contributed by atoms with Crippen molar-refractivity contribution in [3.63, 3.8) is 0 Å². The summed E-state index contributed by atoms with van der Waals surface area (Å²) in [7, 11) is 0. The van der Waals surface area contributed by atoms with E-state index in [1.807, 2.05) is 20.8 Å². The van der Waals surface area contributed by atoms with Crippen LogP contribution in [-0.2, 0) is 9.59 Å². The van der Waals surface area contributed by atoms with Crippen LogP contribution in [0.2, 0.25) is 0 Å². The minimum atomic E-state index is -0.525. The van der Waals surface area contributed by atoms with E-state index in [2.05, 4.69) is 30.5 Å². The predicted octanol–water partition coefficient (Wildman–Crippen LogP) is 4.61. The lowest BCUT2D eigenvalue weighted by molar-refractivity contribution is -0.127. The lowest BCUT2D eigenvalue weighted by atomic mass is 9.46. The van der Waals surface area contributed by atoms with Gasteiger partial charge < -0.3 is 5.73 Å². The number of carbonyl (C=O) groups is 2. The Morgan fingerprint density at radius 3 is 2.52 bits per heavy atom. The highest BCUT2D eigenvalue weighted by atomic mass is 16.2. The van der Waals surface area contributed by atoms with Gasteiger partial charge in [0.2, 0.25) is 0 Å². The number of ketones is 1.